The Hall–Kier alpha value is -0.710. The molecule has 0 radical (unpaired) electrons. The van der Waals surface area contributed by atoms with Gasteiger partial charge in [0.15, 0.2) is 5.78 Å². The summed E-state index contributed by atoms with van der Waals surface area (Å²) in [5.74, 6) is -0.427. The highest BCUT2D eigenvalue weighted by Gasteiger charge is 2.14. The number of hydrogen-bond acceptors (Lipinski definition) is 2. The van der Waals surface area contributed by atoms with Crippen molar-refractivity contribution in [3.8, 4) is 0 Å². The van der Waals surface area contributed by atoms with Gasteiger partial charge in [-0.05, 0) is 45.1 Å². The average Bonchev–Trinajstić information content (AvgIpc) is 2.68. The van der Waals surface area contributed by atoms with Gasteiger partial charge in [-0.2, -0.15) is 0 Å². The smallest absolute Gasteiger partial charge is 0.178 e. The topological polar surface area (TPSA) is 17.1 Å². The van der Waals surface area contributed by atoms with Crippen molar-refractivity contribution in [2.24, 2.45) is 0 Å². The van der Waals surface area contributed by atoms with Gasteiger partial charge in [0.25, 0.3) is 0 Å². The number of rotatable bonds is 3. The van der Waals surface area contributed by atoms with Crippen LogP contribution in [0.2, 0.25) is 5.02 Å². The molecular formula is C12H7BrClFOS. The molecule has 5 heteroatoms. The molecule has 0 aliphatic rings. The molecule has 0 unspecified atom stereocenters. The summed E-state index contributed by atoms with van der Waals surface area (Å²) in [6, 6.07) is 5.88. The van der Waals surface area contributed by atoms with E-state index in [1.807, 2.05) is 11.4 Å². The lowest BCUT2D eigenvalue weighted by molar-refractivity contribution is 0.0996. The van der Waals surface area contributed by atoms with Gasteiger partial charge in [-0.25, -0.2) is 4.39 Å². The molecule has 1 heterocycles. The van der Waals surface area contributed by atoms with Crippen molar-refractivity contribution >= 4 is 44.7 Å². The van der Waals surface area contributed by atoms with Crippen LogP contribution in [-0.2, 0) is 6.42 Å². The molecule has 2 aromatic rings. The zero-order chi connectivity index (χ0) is 12.4. The molecule has 17 heavy (non-hydrogen) atoms. The first-order chi connectivity index (χ1) is 8.08. The molecule has 1 aromatic heterocycles. The summed E-state index contributed by atoms with van der Waals surface area (Å²) < 4.78 is 13.6. The minimum Gasteiger partial charge on any atom is -0.293 e. The summed E-state index contributed by atoms with van der Waals surface area (Å²) in [6.45, 7) is 0. The molecule has 0 amide bonds. The first-order valence-electron chi connectivity index (χ1n) is 4.78. The SMILES string of the molecule is O=C(Cc1ccc(F)cc1Cl)c1sccc1Br. The summed E-state index contributed by atoms with van der Waals surface area (Å²) in [5.41, 5.74) is 0.637. The molecule has 0 N–H and O–H groups in total. The standard InChI is InChI=1S/C12H7BrClFOS/c13-9-3-4-17-12(9)11(16)5-7-1-2-8(15)6-10(7)14/h1-4,6H,5H2. The maximum absolute atomic E-state index is 12.8. The molecule has 0 fully saturated rings. The Morgan fingerprint density at radius 1 is 1.41 bits per heavy atom. The van der Waals surface area contributed by atoms with Gasteiger partial charge in [0.2, 0.25) is 0 Å². The van der Waals surface area contributed by atoms with Crippen LogP contribution in [0.5, 0.6) is 0 Å². The second-order valence-electron chi connectivity index (χ2n) is 3.43. The van der Waals surface area contributed by atoms with Crippen LogP contribution in [0.25, 0.3) is 0 Å². The van der Waals surface area contributed by atoms with Gasteiger partial charge in [-0.1, -0.05) is 17.7 Å². The Bertz CT molecular complexity index is 567. The van der Waals surface area contributed by atoms with Crippen LogP contribution in [0.1, 0.15) is 15.2 Å². The molecule has 0 bridgehead atoms. The van der Waals surface area contributed by atoms with E-state index < -0.39 is 5.82 Å². The van der Waals surface area contributed by atoms with Crippen LogP contribution in [0.4, 0.5) is 4.39 Å². The molecule has 0 aliphatic carbocycles. The first kappa shape index (κ1) is 12.7. The van der Waals surface area contributed by atoms with Crippen molar-refractivity contribution in [2.45, 2.75) is 6.42 Å². The van der Waals surface area contributed by atoms with Crippen molar-refractivity contribution < 1.29 is 9.18 Å². The minimum absolute atomic E-state index is 0.0274. The van der Waals surface area contributed by atoms with E-state index in [2.05, 4.69) is 15.9 Å². The van der Waals surface area contributed by atoms with Gasteiger partial charge in [-0.15, -0.1) is 11.3 Å². The monoisotopic (exact) mass is 332 g/mol. The number of Topliss-reactive ketones (excluding diaryl/α,β-unsaturated/α-hetero) is 1. The molecule has 0 saturated carbocycles. The van der Waals surface area contributed by atoms with E-state index in [0.717, 1.165) is 4.47 Å². The third-order valence-electron chi connectivity index (χ3n) is 2.24. The van der Waals surface area contributed by atoms with Crippen LogP contribution in [0.3, 0.4) is 0 Å². The van der Waals surface area contributed by atoms with Gasteiger partial charge < -0.3 is 0 Å². The molecular weight excluding hydrogens is 327 g/mol. The molecule has 0 spiro atoms. The van der Waals surface area contributed by atoms with Gasteiger partial charge >= 0.3 is 0 Å². The van der Waals surface area contributed by atoms with Crippen LogP contribution >= 0.6 is 38.9 Å². The summed E-state index contributed by atoms with van der Waals surface area (Å²) in [4.78, 5) is 12.6. The van der Waals surface area contributed by atoms with E-state index in [9.17, 15) is 9.18 Å². The lowest BCUT2D eigenvalue weighted by Crippen LogP contribution is -2.02. The van der Waals surface area contributed by atoms with E-state index in [1.54, 1.807) is 0 Å². The van der Waals surface area contributed by atoms with E-state index in [0.29, 0.717) is 10.4 Å². The van der Waals surface area contributed by atoms with Gasteiger partial charge in [0.1, 0.15) is 5.82 Å². The Balaban J connectivity index is 2.22. The highest BCUT2D eigenvalue weighted by molar-refractivity contribution is 9.10. The van der Waals surface area contributed by atoms with Crippen molar-refractivity contribution in [2.75, 3.05) is 0 Å². The van der Waals surface area contributed by atoms with Crippen molar-refractivity contribution in [3.05, 3.63) is 55.4 Å². The maximum atomic E-state index is 12.8. The van der Waals surface area contributed by atoms with Gasteiger partial charge in [-0.3, -0.25) is 4.79 Å². The van der Waals surface area contributed by atoms with E-state index in [1.165, 1.54) is 29.5 Å². The fraction of sp³-hybridized carbons (Fsp3) is 0.0833. The summed E-state index contributed by atoms with van der Waals surface area (Å²) in [5, 5.41) is 2.12. The molecule has 88 valence electrons. The molecule has 0 aliphatic heterocycles. The largest absolute Gasteiger partial charge is 0.293 e. The number of ketones is 1. The highest BCUT2D eigenvalue weighted by atomic mass is 79.9. The second-order valence-corrected chi connectivity index (χ2v) is 5.61. The van der Waals surface area contributed by atoms with Gasteiger partial charge in [0, 0.05) is 15.9 Å². The Morgan fingerprint density at radius 2 is 2.18 bits per heavy atom. The summed E-state index contributed by atoms with van der Waals surface area (Å²) in [7, 11) is 0. The van der Waals surface area contributed by atoms with E-state index in [-0.39, 0.29) is 17.2 Å². The number of hydrogen-bond donors (Lipinski definition) is 0. The predicted octanol–water partition coefficient (Wildman–Crippen LogP) is 4.73. The Morgan fingerprint density at radius 3 is 2.76 bits per heavy atom. The quantitative estimate of drug-likeness (QED) is 0.742. The fourth-order valence-corrected chi connectivity index (χ4v) is 3.18. The van der Waals surface area contributed by atoms with Gasteiger partial charge in [0.05, 0.1) is 4.88 Å². The number of carbonyl (C=O) groups is 1. The molecule has 0 atom stereocenters. The maximum Gasteiger partial charge on any atom is 0.178 e. The van der Waals surface area contributed by atoms with Crippen molar-refractivity contribution in [1.82, 2.24) is 0 Å². The Labute approximate surface area is 115 Å². The lowest BCUT2D eigenvalue weighted by atomic mass is 10.1. The molecule has 1 aromatic carbocycles. The van der Waals surface area contributed by atoms with E-state index >= 15 is 0 Å². The number of halogens is 3. The number of carbonyl (C=O) groups excluding carboxylic acids is 1. The third kappa shape index (κ3) is 2.94. The second kappa shape index (κ2) is 5.29. The van der Waals surface area contributed by atoms with Crippen LogP contribution in [-0.4, -0.2) is 5.78 Å². The van der Waals surface area contributed by atoms with Crippen molar-refractivity contribution in [1.29, 1.82) is 0 Å². The zero-order valence-electron chi connectivity index (χ0n) is 8.54. The summed E-state index contributed by atoms with van der Waals surface area (Å²) in [6.07, 6.45) is 0.179. The van der Waals surface area contributed by atoms with Crippen LogP contribution in [0, 0.1) is 5.82 Å². The van der Waals surface area contributed by atoms with Crippen LogP contribution < -0.4 is 0 Å². The first-order valence-corrected chi connectivity index (χ1v) is 6.83. The number of benzene rings is 1. The van der Waals surface area contributed by atoms with Crippen molar-refractivity contribution in [3.63, 3.8) is 0 Å². The third-order valence-corrected chi connectivity index (χ3v) is 4.47. The van der Waals surface area contributed by atoms with E-state index in [4.69, 9.17) is 11.6 Å². The number of thiophene rings is 1. The fourth-order valence-electron chi connectivity index (χ4n) is 1.41. The predicted molar refractivity (Wildman–Crippen MR) is 71.5 cm³/mol. The normalized spacial score (nSPS) is 10.5. The molecule has 1 nitrogen and oxygen atoms in total. The lowest BCUT2D eigenvalue weighted by Gasteiger charge is -2.03. The highest BCUT2D eigenvalue weighted by Crippen LogP contribution is 2.26. The zero-order valence-corrected chi connectivity index (χ0v) is 11.7. The molecule has 0 saturated heterocycles. The summed E-state index contributed by atoms with van der Waals surface area (Å²) >= 11 is 10.6. The Kier molecular flexibility index (Phi) is 3.97. The minimum atomic E-state index is -0.400. The molecule has 2 rings (SSSR count). The van der Waals surface area contributed by atoms with Crippen LogP contribution in [0.15, 0.2) is 34.1 Å². The average molecular weight is 334 g/mol.